The minimum atomic E-state index is -4.74. The Balaban J connectivity index is 0.00000220. The number of nitrogens with two attached hydrogens (primary N) is 1. The molecule has 0 fully saturated rings. The molecule has 0 aliphatic heterocycles. The van der Waals surface area contributed by atoms with Crippen molar-refractivity contribution >= 4 is 24.6 Å². The van der Waals surface area contributed by atoms with E-state index in [1.807, 2.05) is 0 Å². The van der Waals surface area contributed by atoms with Crippen molar-refractivity contribution in [2.45, 2.75) is 6.04 Å². The number of rotatable bonds is 6. The summed E-state index contributed by atoms with van der Waals surface area (Å²) < 4.78 is 16.7. The Morgan fingerprint density at radius 2 is 2.05 bits per heavy atom. The van der Waals surface area contributed by atoms with E-state index in [-0.39, 0.29) is 78.1 Å². The number of anilines is 1. The van der Waals surface area contributed by atoms with Crippen molar-refractivity contribution in [2.24, 2.45) is 0 Å². The average molecular weight is 347 g/mol. The molecule has 2 heterocycles. The molecule has 2 aromatic heterocycles. The maximum atomic E-state index is 10.5. The van der Waals surface area contributed by atoms with Crippen LogP contribution in [0.5, 0.6) is 0 Å². The second kappa shape index (κ2) is 9.65. The molecule has 0 aliphatic rings. The molecule has 22 heavy (non-hydrogen) atoms. The molecule has 1 unspecified atom stereocenters. The van der Waals surface area contributed by atoms with E-state index in [2.05, 4.69) is 15.0 Å². The zero-order valence-electron chi connectivity index (χ0n) is 12.2. The number of ether oxygens (including phenoxy) is 1. The summed E-state index contributed by atoms with van der Waals surface area (Å²) in [5.41, 5.74) is 6.38. The van der Waals surface area contributed by atoms with E-state index in [1.165, 1.54) is 17.2 Å². The summed E-state index contributed by atoms with van der Waals surface area (Å²) in [4.78, 5) is 32.7. The molecule has 2 aromatic rings. The van der Waals surface area contributed by atoms with E-state index >= 15 is 0 Å². The topological polar surface area (TPSA) is 162 Å². The van der Waals surface area contributed by atoms with E-state index in [9.17, 15) is 19.5 Å². The van der Waals surface area contributed by atoms with Gasteiger partial charge in [0.1, 0.15) is 11.8 Å². The first kappa shape index (κ1) is 22.4. The van der Waals surface area contributed by atoms with Gasteiger partial charge in [-0.3, -0.25) is 0 Å². The Morgan fingerprint density at radius 3 is 2.64 bits per heavy atom. The standard InChI is InChI=1S/C9H14N5O5P.2Na/c10-8-7-9(12-3-11-8)14(4-13-7)6(1-15)2-19-5-20(16,17)18;;/h3-4,6,15H,1-2,5H2,(H2,10,11,12)(H2,16,17,18);;/q;2*+1/p-2. The molecular formula is C9H12N5Na2O5P. The van der Waals surface area contributed by atoms with E-state index in [1.54, 1.807) is 0 Å². The van der Waals surface area contributed by atoms with Gasteiger partial charge in [0.15, 0.2) is 11.5 Å². The molecule has 3 N–H and O–H groups in total. The van der Waals surface area contributed by atoms with Gasteiger partial charge in [-0.25, -0.2) is 15.0 Å². The number of nitrogen functional groups attached to an aromatic ring is 1. The van der Waals surface area contributed by atoms with Crippen LogP contribution in [0.1, 0.15) is 6.04 Å². The molecular weight excluding hydrogens is 335 g/mol. The minimum absolute atomic E-state index is 0. The summed E-state index contributed by atoms with van der Waals surface area (Å²) in [7, 11) is -4.74. The number of imidazole rings is 1. The van der Waals surface area contributed by atoms with Gasteiger partial charge in [-0.05, 0) is 7.60 Å². The van der Waals surface area contributed by atoms with Gasteiger partial charge in [-0.15, -0.1) is 0 Å². The number of hydrogen-bond acceptors (Lipinski definition) is 9. The van der Waals surface area contributed by atoms with Crippen LogP contribution in [-0.2, 0) is 9.30 Å². The van der Waals surface area contributed by atoms with Gasteiger partial charge in [0.05, 0.1) is 31.9 Å². The second-order valence-corrected chi connectivity index (χ2v) is 5.51. The van der Waals surface area contributed by atoms with Gasteiger partial charge in [0, 0.05) is 0 Å². The number of fused-ring (bicyclic) bond motifs is 1. The Labute approximate surface area is 170 Å². The van der Waals surface area contributed by atoms with E-state index < -0.39 is 20.0 Å². The number of aromatic nitrogens is 4. The van der Waals surface area contributed by atoms with Crippen LogP contribution in [0.25, 0.3) is 11.2 Å². The molecule has 13 heteroatoms. The third-order valence-electron chi connectivity index (χ3n) is 2.55. The maximum Gasteiger partial charge on any atom is 1.00 e. The zero-order chi connectivity index (χ0) is 14.8. The Kier molecular flexibility index (Phi) is 9.84. The van der Waals surface area contributed by atoms with Crippen LogP contribution in [0.2, 0.25) is 0 Å². The quantitative estimate of drug-likeness (QED) is 0.381. The first-order valence-electron chi connectivity index (χ1n) is 5.55. The van der Waals surface area contributed by atoms with Crippen molar-refractivity contribution in [3.05, 3.63) is 12.7 Å². The van der Waals surface area contributed by atoms with Crippen molar-refractivity contribution in [1.29, 1.82) is 0 Å². The largest absolute Gasteiger partial charge is 1.00 e. The molecule has 1 atom stereocenters. The van der Waals surface area contributed by atoms with Crippen molar-refractivity contribution in [2.75, 3.05) is 25.3 Å². The molecule has 10 nitrogen and oxygen atoms in total. The molecule has 0 radical (unpaired) electrons. The van der Waals surface area contributed by atoms with Gasteiger partial charge in [0.25, 0.3) is 0 Å². The van der Waals surface area contributed by atoms with Crippen LogP contribution in [0.15, 0.2) is 12.7 Å². The van der Waals surface area contributed by atoms with Gasteiger partial charge < -0.3 is 34.5 Å². The summed E-state index contributed by atoms with van der Waals surface area (Å²) in [5.74, 6) is 0.190. The van der Waals surface area contributed by atoms with Crippen LogP contribution < -0.4 is 74.6 Å². The van der Waals surface area contributed by atoms with E-state index in [4.69, 9.17) is 10.5 Å². The fourth-order valence-corrected chi connectivity index (χ4v) is 1.99. The third kappa shape index (κ3) is 5.81. The second-order valence-electron chi connectivity index (χ2n) is 4.03. The summed E-state index contributed by atoms with van der Waals surface area (Å²) in [5, 5.41) is 9.33. The summed E-state index contributed by atoms with van der Waals surface area (Å²) in [6, 6.07) is -0.638. The molecule has 0 aliphatic carbocycles. The molecule has 2 rings (SSSR count). The van der Waals surface area contributed by atoms with Crippen LogP contribution >= 0.6 is 7.60 Å². The van der Waals surface area contributed by atoms with Crippen molar-refractivity contribution < 1.29 is 83.3 Å². The molecule has 0 saturated heterocycles. The minimum Gasteiger partial charge on any atom is -0.809 e. The summed E-state index contributed by atoms with van der Waals surface area (Å²) >= 11 is 0. The van der Waals surface area contributed by atoms with E-state index in [0.717, 1.165) is 0 Å². The normalized spacial score (nSPS) is 12.5. The van der Waals surface area contributed by atoms with E-state index in [0.29, 0.717) is 11.2 Å². The van der Waals surface area contributed by atoms with Crippen molar-refractivity contribution in [1.82, 2.24) is 19.5 Å². The number of aliphatic hydroxyl groups excluding tert-OH is 1. The average Bonchev–Trinajstić information content (AvgIpc) is 2.79. The van der Waals surface area contributed by atoms with Crippen LogP contribution in [0, 0.1) is 0 Å². The summed E-state index contributed by atoms with van der Waals surface area (Å²) in [6.45, 7) is -0.530. The Morgan fingerprint density at radius 1 is 1.36 bits per heavy atom. The molecule has 0 saturated carbocycles. The van der Waals surface area contributed by atoms with Crippen molar-refractivity contribution in [3.8, 4) is 0 Å². The maximum absolute atomic E-state index is 10.5. The molecule has 0 amide bonds. The molecule has 0 bridgehead atoms. The fraction of sp³-hybridized carbons (Fsp3) is 0.444. The Hall–Kier alpha value is 0.420. The number of aliphatic hydroxyl groups is 1. The molecule has 0 aromatic carbocycles. The smallest absolute Gasteiger partial charge is 0.809 e. The van der Waals surface area contributed by atoms with Crippen LogP contribution in [-0.4, -0.2) is 44.2 Å². The van der Waals surface area contributed by atoms with Crippen LogP contribution in [0.4, 0.5) is 5.82 Å². The third-order valence-corrected chi connectivity index (χ3v) is 3.05. The van der Waals surface area contributed by atoms with Gasteiger partial charge >= 0.3 is 59.1 Å². The van der Waals surface area contributed by atoms with Crippen molar-refractivity contribution in [3.63, 3.8) is 0 Å². The predicted molar refractivity (Wildman–Crippen MR) is 64.3 cm³/mol. The fourth-order valence-electron chi connectivity index (χ4n) is 1.66. The number of hydrogen-bond donors (Lipinski definition) is 2. The molecule has 0 spiro atoms. The SMILES string of the molecule is Nc1ncnc2c1ncn2C(CO)COCP(=O)([O-])[O-].[Na+].[Na+]. The first-order chi connectivity index (χ1) is 9.42. The Bertz CT molecular complexity index is 650. The predicted octanol–water partition coefficient (Wildman–Crippen LogP) is -8.16. The van der Waals surface area contributed by atoms with Gasteiger partial charge in [-0.1, -0.05) is 0 Å². The van der Waals surface area contributed by atoms with Gasteiger partial charge in [-0.2, -0.15) is 0 Å². The first-order valence-corrected chi connectivity index (χ1v) is 7.28. The molecule has 110 valence electrons. The van der Waals surface area contributed by atoms with Gasteiger partial charge in [0.2, 0.25) is 0 Å². The monoisotopic (exact) mass is 347 g/mol. The number of nitrogens with zero attached hydrogens (tertiary/aromatic N) is 4. The zero-order valence-corrected chi connectivity index (χ0v) is 17.1. The van der Waals surface area contributed by atoms with Crippen LogP contribution in [0.3, 0.4) is 0 Å². The summed E-state index contributed by atoms with van der Waals surface area (Å²) in [6.07, 6.45) is 1.69.